The van der Waals surface area contributed by atoms with Crippen molar-refractivity contribution in [3.63, 3.8) is 0 Å². The second-order valence-electron chi connectivity index (χ2n) is 4.51. The van der Waals surface area contributed by atoms with Crippen LogP contribution in [0, 0.1) is 5.82 Å². The monoisotopic (exact) mass is 260 g/mol. The molecule has 0 aliphatic heterocycles. The average Bonchev–Trinajstić information content (AvgIpc) is 2.91. The van der Waals surface area contributed by atoms with E-state index in [9.17, 15) is 9.18 Å². The van der Waals surface area contributed by atoms with Crippen molar-refractivity contribution >= 4 is 11.8 Å². The Hall–Kier alpha value is -2.37. The topological polar surface area (TPSA) is 72.9 Å². The average molecular weight is 260 g/mol. The third kappa shape index (κ3) is 2.05. The van der Waals surface area contributed by atoms with Crippen LogP contribution in [0.25, 0.3) is 5.69 Å². The van der Waals surface area contributed by atoms with Crippen LogP contribution in [0.5, 0.6) is 0 Å². The fraction of sp³-hybridized carbons (Fsp3) is 0.231. The van der Waals surface area contributed by atoms with E-state index in [0.29, 0.717) is 11.5 Å². The molecule has 0 radical (unpaired) electrons. The number of hydrogen-bond donors (Lipinski definition) is 2. The van der Waals surface area contributed by atoms with Crippen LogP contribution in [0.15, 0.2) is 24.3 Å². The molecule has 1 aromatic carbocycles. The summed E-state index contributed by atoms with van der Waals surface area (Å²) in [6, 6.07) is 5.42. The number of carbonyl (C=O) groups excluding carboxylic acids is 1. The van der Waals surface area contributed by atoms with Crippen molar-refractivity contribution < 1.29 is 9.18 Å². The fourth-order valence-electron chi connectivity index (χ4n) is 2.43. The summed E-state index contributed by atoms with van der Waals surface area (Å²) in [7, 11) is 0. The molecule has 2 amide bonds. The van der Waals surface area contributed by atoms with Gasteiger partial charge in [0.15, 0.2) is 0 Å². The lowest BCUT2D eigenvalue weighted by molar-refractivity contribution is 0.259. The minimum atomic E-state index is -0.646. The lowest BCUT2D eigenvalue weighted by Gasteiger charge is -2.09. The number of nitrogens with one attached hydrogen (secondary N) is 1. The molecule has 1 aliphatic carbocycles. The first kappa shape index (κ1) is 11.7. The number of fused-ring (bicyclic) bond motifs is 1. The normalized spacial score (nSPS) is 13.3. The van der Waals surface area contributed by atoms with Gasteiger partial charge < -0.3 is 5.73 Å². The Bertz CT molecular complexity index is 650. The summed E-state index contributed by atoms with van der Waals surface area (Å²) in [6.07, 6.45) is 2.72. The first-order chi connectivity index (χ1) is 9.15. The van der Waals surface area contributed by atoms with Crippen LogP contribution in [-0.2, 0) is 12.8 Å². The number of primary amides is 1. The molecule has 1 aliphatic rings. The molecule has 3 N–H and O–H groups in total. The number of amides is 2. The molecule has 0 saturated heterocycles. The van der Waals surface area contributed by atoms with E-state index in [4.69, 9.17) is 5.73 Å². The molecular weight excluding hydrogens is 247 g/mol. The zero-order valence-corrected chi connectivity index (χ0v) is 10.2. The van der Waals surface area contributed by atoms with E-state index in [0.717, 1.165) is 30.5 Å². The van der Waals surface area contributed by atoms with Gasteiger partial charge in [0, 0.05) is 5.56 Å². The zero-order valence-electron chi connectivity index (χ0n) is 10.2. The molecule has 3 rings (SSSR count). The number of urea groups is 1. The van der Waals surface area contributed by atoms with Crippen LogP contribution in [0.4, 0.5) is 15.0 Å². The highest BCUT2D eigenvalue weighted by Gasteiger charge is 2.23. The first-order valence-corrected chi connectivity index (χ1v) is 6.08. The van der Waals surface area contributed by atoms with E-state index >= 15 is 0 Å². The predicted molar refractivity (Wildman–Crippen MR) is 68.8 cm³/mol. The minimum absolute atomic E-state index is 0.349. The number of aromatic nitrogens is 2. The number of halogens is 1. The molecule has 0 unspecified atom stereocenters. The summed E-state index contributed by atoms with van der Waals surface area (Å²) in [4.78, 5) is 11.1. The Morgan fingerprint density at radius 1 is 1.42 bits per heavy atom. The molecule has 2 aromatic rings. The molecule has 0 saturated carbocycles. The molecule has 0 bridgehead atoms. The van der Waals surface area contributed by atoms with Gasteiger partial charge in [0.25, 0.3) is 0 Å². The third-order valence-electron chi connectivity index (χ3n) is 3.20. The molecule has 19 heavy (non-hydrogen) atoms. The molecule has 1 heterocycles. The molecule has 6 heteroatoms. The number of anilines is 1. The van der Waals surface area contributed by atoms with Gasteiger partial charge in [-0.05, 0) is 37.5 Å². The van der Waals surface area contributed by atoms with Gasteiger partial charge in [0.1, 0.15) is 11.6 Å². The van der Waals surface area contributed by atoms with Crippen molar-refractivity contribution in [1.82, 2.24) is 9.78 Å². The van der Waals surface area contributed by atoms with Gasteiger partial charge in [-0.1, -0.05) is 6.07 Å². The summed E-state index contributed by atoms with van der Waals surface area (Å²) < 4.78 is 14.8. The summed E-state index contributed by atoms with van der Waals surface area (Å²) in [6.45, 7) is 0. The summed E-state index contributed by atoms with van der Waals surface area (Å²) in [5, 5.41) is 7.02. The van der Waals surface area contributed by atoms with Crippen LogP contribution < -0.4 is 11.1 Å². The second-order valence-corrected chi connectivity index (χ2v) is 4.51. The summed E-state index contributed by atoms with van der Waals surface area (Å²) in [5.41, 5.74) is 7.68. The Labute approximate surface area is 109 Å². The zero-order chi connectivity index (χ0) is 13.4. The minimum Gasteiger partial charge on any atom is -0.351 e. The Morgan fingerprint density at radius 3 is 3.00 bits per heavy atom. The standard InChI is InChI=1S/C13H13FN4O/c14-8-3-1-4-9(7-8)18-12(16-13(15)19)10-5-2-6-11(10)17-18/h1,3-4,7H,2,5-6H2,(H3,15,16,19). The number of nitrogens with two attached hydrogens (primary N) is 1. The van der Waals surface area contributed by atoms with Crippen LogP contribution in [-0.4, -0.2) is 15.8 Å². The molecule has 5 nitrogen and oxygen atoms in total. The number of carbonyl (C=O) groups is 1. The van der Waals surface area contributed by atoms with Crippen LogP contribution in [0.1, 0.15) is 17.7 Å². The summed E-state index contributed by atoms with van der Waals surface area (Å²) >= 11 is 0. The van der Waals surface area contributed by atoms with Crippen molar-refractivity contribution in [1.29, 1.82) is 0 Å². The predicted octanol–water partition coefficient (Wildman–Crippen LogP) is 1.99. The van der Waals surface area contributed by atoms with Crippen molar-refractivity contribution in [3.05, 3.63) is 41.3 Å². The van der Waals surface area contributed by atoms with Gasteiger partial charge in [-0.25, -0.2) is 13.9 Å². The van der Waals surface area contributed by atoms with Crippen LogP contribution >= 0.6 is 0 Å². The van der Waals surface area contributed by atoms with E-state index in [1.54, 1.807) is 12.1 Å². The fourth-order valence-corrected chi connectivity index (χ4v) is 2.43. The highest BCUT2D eigenvalue weighted by Crippen LogP contribution is 2.30. The Morgan fingerprint density at radius 2 is 2.26 bits per heavy atom. The van der Waals surface area contributed by atoms with Gasteiger partial charge in [0.2, 0.25) is 0 Å². The molecular formula is C13H13FN4O. The largest absolute Gasteiger partial charge is 0.351 e. The smallest absolute Gasteiger partial charge is 0.317 e. The molecule has 98 valence electrons. The van der Waals surface area contributed by atoms with E-state index in [-0.39, 0.29) is 5.82 Å². The molecule has 0 spiro atoms. The van der Waals surface area contributed by atoms with Gasteiger partial charge in [-0.15, -0.1) is 0 Å². The third-order valence-corrected chi connectivity index (χ3v) is 3.20. The van der Waals surface area contributed by atoms with Crippen molar-refractivity contribution in [3.8, 4) is 5.69 Å². The summed E-state index contributed by atoms with van der Waals surface area (Å²) in [5.74, 6) is 0.198. The van der Waals surface area contributed by atoms with E-state index in [2.05, 4.69) is 10.4 Å². The molecule has 1 aromatic heterocycles. The van der Waals surface area contributed by atoms with E-state index in [1.165, 1.54) is 16.8 Å². The highest BCUT2D eigenvalue weighted by molar-refractivity contribution is 5.88. The maximum atomic E-state index is 13.3. The SMILES string of the molecule is NC(=O)Nc1c2c(nn1-c1cccc(F)c1)CCC2. The van der Waals surface area contributed by atoms with Crippen molar-refractivity contribution in [2.75, 3.05) is 5.32 Å². The maximum absolute atomic E-state index is 13.3. The maximum Gasteiger partial charge on any atom is 0.317 e. The molecule has 0 fully saturated rings. The number of nitrogens with zero attached hydrogens (tertiary/aromatic N) is 2. The quantitative estimate of drug-likeness (QED) is 0.866. The van der Waals surface area contributed by atoms with Crippen molar-refractivity contribution in [2.45, 2.75) is 19.3 Å². The van der Waals surface area contributed by atoms with E-state index in [1.807, 2.05) is 0 Å². The van der Waals surface area contributed by atoms with E-state index < -0.39 is 6.03 Å². The van der Waals surface area contributed by atoms with Crippen LogP contribution in [0.3, 0.4) is 0 Å². The van der Waals surface area contributed by atoms with Gasteiger partial charge in [-0.3, -0.25) is 5.32 Å². The number of benzene rings is 1. The number of rotatable bonds is 2. The first-order valence-electron chi connectivity index (χ1n) is 6.08. The van der Waals surface area contributed by atoms with Crippen LogP contribution in [0.2, 0.25) is 0 Å². The Kier molecular flexibility index (Phi) is 2.70. The van der Waals surface area contributed by atoms with Gasteiger partial charge in [-0.2, -0.15) is 5.10 Å². The number of aryl methyl sites for hydroxylation is 1. The highest BCUT2D eigenvalue weighted by atomic mass is 19.1. The van der Waals surface area contributed by atoms with Crippen molar-refractivity contribution in [2.24, 2.45) is 5.73 Å². The van der Waals surface area contributed by atoms with Gasteiger partial charge >= 0.3 is 6.03 Å². The number of hydrogen-bond acceptors (Lipinski definition) is 2. The Balaban J connectivity index is 2.13. The molecule has 0 atom stereocenters. The van der Waals surface area contributed by atoms with Gasteiger partial charge in [0.05, 0.1) is 11.4 Å². The lowest BCUT2D eigenvalue weighted by atomic mass is 10.2. The second kappa shape index (κ2) is 4.38. The lowest BCUT2D eigenvalue weighted by Crippen LogP contribution is -2.22.